The predicted octanol–water partition coefficient (Wildman–Crippen LogP) is 1.40. The molecule has 0 unspecified atom stereocenters. The zero-order valence-corrected chi connectivity index (χ0v) is 10.2. The molecule has 0 radical (unpaired) electrons. The summed E-state index contributed by atoms with van der Waals surface area (Å²) in [5.74, 6) is 0. The van der Waals surface area contributed by atoms with E-state index in [0.29, 0.717) is 11.2 Å². The molecule has 0 saturated heterocycles. The van der Waals surface area contributed by atoms with Crippen molar-refractivity contribution in [2.75, 3.05) is 0 Å². The van der Waals surface area contributed by atoms with Crippen LogP contribution in [0.4, 0.5) is 0 Å². The summed E-state index contributed by atoms with van der Waals surface area (Å²) in [7, 11) is 0. The largest absolute Gasteiger partial charge is 0.297 e. The smallest absolute Gasteiger partial charge is 0.201 e. The van der Waals surface area contributed by atoms with Crippen molar-refractivity contribution in [1.29, 1.82) is 0 Å². The first-order valence-corrected chi connectivity index (χ1v) is 5.49. The molecule has 4 nitrogen and oxygen atoms in total. The Bertz CT molecular complexity index is 348. The summed E-state index contributed by atoms with van der Waals surface area (Å²) in [5, 5.41) is 4.45. The molecule has 3 N–H and O–H groups in total. The lowest BCUT2D eigenvalue weighted by Crippen LogP contribution is -2.45. The quantitative estimate of drug-likeness (QED) is 0.420. The van der Waals surface area contributed by atoms with Crippen molar-refractivity contribution < 1.29 is 0 Å². The third-order valence-electron chi connectivity index (χ3n) is 1.65. The maximum atomic E-state index is 4.99. The van der Waals surface area contributed by atoms with Gasteiger partial charge < -0.3 is 0 Å². The second-order valence-corrected chi connectivity index (χ2v) is 3.94. The number of rotatable bonds is 4. The van der Waals surface area contributed by atoms with Crippen LogP contribution in [0.15, 0.2) is 35.4 Å². The highest BCUT2D eigenvalue weighted by Crippen LogP contribution is 1.92. The first kappa shape index (κ1) is 12.6. The number of hydrogen-bond acceptors (Lipinski definition) is 3. The molecule has 0 atom stereocenters. The van der Waals surface area contributed by atoms with Gasteiger partial charge in [-0.1, -0.05) is 30.3 Å². The minimum atomic E-state index is 0.317. The second-order valence-electron chi connectivity index (χ2n) is 3.53. The monoisotopic (exact) mass is 236 g/mol. The van der Waals surface area contributed by atoms with Gasteiger partial charge in [-0.15, -0.1) is 0 Å². The Morgan fingerprint density at radius 3 is 2.62 bits per heavy atom. The van der Waals surface area contributed by atoms with Crippen molar-refractivity contribution in [3.8, 4) is 0 Å². The average Bonchev–Trinajstić information content (AvgIpc) is 2.28. The molecule has 5 heteroatoms. The molecular formula is C11H16N4S. The number of hydrazine groups is 1. The van der Waals surface area contributed by atoms with Crippen molar-refractivity contribution in [3.05, 3.63) is 35.9 Å². The van der Waals surface area contributed by atoms with Crippen LogP contribution in [-0.4, -0.2) is 17.4 Å². The molecule has 0 aliphatic rings. The van der Waals surface area contributed by atoms with E-state index in [0.717, 1.165) is 5.56 Å². The zero-order valence-electron chi connectivity index (χ0n) is 9.40. The zero-order chi connectivity index (χ0) is 11.8. The van der Waals surface area contributed by atoms with E-state index < -0.39 is 0 Å². The van der Waals surface area contributed by atoms with E-state index in [2.05, 4.69) is 21.4 Å². The molecule has 0 bridgehead atoms. The molecule has 1 rings (SSSR count). The summed E-state index contributed by atoms with van der Waals surface area (Å²) in [6.07, 6.45) is 1.71. The minimum Gasteiger partial charge on any atom is -0.297 e. The van der Waals surface area contributed by atoms with Crippen LogP contribution in [0, 0.1) is 0 Å². The van der Waals surface area contributed by atoms with Gasteiger partial charge in [-0.3, -0.25) is 10.9 Å². The van der Waals surface area contributed by atoms with Crippen LogP contribution in [0.2, 0.25) is 0 Å². The molecule has 1 aromatic rings. The van der Waals surface area contributed by atoms with Gasteiger partial charge in [0.05, 0.1) is 6.21 Å². The second kappa shape index (κ2) is 6.92. The number of hydrazone groups is 1. The Hall–Kier alpha value is -1.46. The Balaban J connectivity index is 2.29. The molecule has 16 heavy (non-hydrogen) atoms. The maximum absolute atomic E-state index is 4.99. The SMILES string of the molecule is CC(C)NNC(=S)NN=Cc1ccccc1. The van der Waals surface area contributed by atoms with Gasteiger partial charge in [0.15, 0.2) is 0 Å². The summed E-state index contributed by atoms with van der Waals surface area (Å²) in [6, 6.07) is 10.1. The third kappa shape index (κ3) is 5.43. The van der Waals surface area contributed by atoms with E-state index in [-0.39, 0.29) is 0 Å². The number of benzene rings is 1. The van der Waals surface area contributed by atoms with Crippen LogP contribution >= 0.6 is 12.2 Å². The van der Waals surface area contributed by atoms with Crippen LogP contribution in [0.5, 0.6) is 0 Å². The highest BCUT2D eigenvalue weighted by atomic mass is 32.1. The molecule has 0 aromatic heterocycles. The summed E-state index contributed by atoms with van der Waals surface area (Å²) in [5.41, 5.74) is 9.53. The van der Waals surface area contributed by atoms with Crippen molar-refractivity contribution >= 4 is 23.5 Å². The molecule has 86 valence electrons. The normalized spacial score (nSPS) is 10.7. The van der Waals surface area contributed by atoms with Gasteiger partial charge in [0.25, 0.3) is 0 Å². The topological polar surface area (TPSA) is 48.4 Å². The maximum Gasteiger partial charge on any atom is 0.201 e. The van der Waals surface area contributed by atoms with Gasteiger partial charge in [-0.05, 0) is 31.6 Å². The molecule has 0 saturated carbocycles. The number of hydrogen-bond donors (Lipinski definition) is 3. The number of thiocarbonyl (C=S) groups is 1. The number of nitrogens with zero attached hydrogens (tertiary/aromatic N) is 1. The number of nitrogens with one attached hydrogen (secondary N) is 3. The predicted molar refractivity (Wildman–Crippen MR) is 71.2 cm³/mol. The van der Waals surface area contributed by atoms with Crippen LogP contribution in [-0.2, 0) is 0 Å². The van der Waals surface area contributed by atoms with Gasteiger partial charge >= 0.3 is 0 Å². The van der Waals surface area contributed by atoms with Crippen molar-refractivity contribution in [1.82, 2.24) is 16.3 Å². The van der Waals surface area contributed by atoms with E-state index in [1.54, 1.807) is 6.21 Å². The standard InChI is InChI=1S/C11H16N4S/c1-9(2)13-15-11(16)14-12-8-10-6-4-3-5-7-10/h3-9,13H,1-2H3,(H2,14,15,16). The van der Waals surface area contributed by atoms with Crippen molar-refractivity contribution in [3.63, 3.8) is 0 Å². The lowest BCUT2D eigenvalue weighted by Gasteiger charge is -2.10. The van der Waals surface area contributed by atoms with Crippen LogP contribution in [0.1, 0.15) is 19.4 Å². The molecule has 1 aromatic carbocycles. The molecular weight excluding hydrogens is 220 g/mol. The highest BCUT2D eigenvalue weighted by Gasteiger charge is 1.93. The van der Waals surface area contributed by atoms with E-state index >= 15 is 0 Å². The van der Waals surface area contributed by atoms with E-state index in [9.17, 15) is 0 Å². The van der Waals surface area contributed by atoms with Gasteiger partial charge in [-0.25, -0.2) is 5.43 Å². The van der Waals surface area contributed by atoms with E-state index in [1.165, 1.54) is 0 Å². The summed E-state index contributed by atoms with van der Waals surface area (Å²) < 4.78 is 0. The first-order valence-electron chi connectivity index (χ1n) is 5.08. The molecule has 0 aliphatic carbocycles. The Kier molecular flexibility index (Phi) is 5.45. The molecule has 0 fully saturated rings. The fourth-order valence-electron chi connectivity index (χ4n) is 0.942. The first-order chi connectivity index (χ1) is 7.68. The fourth-order valence-corrected chi connectivity index (χ4v) is 1.05. The summed E-state index contributed by atoms with van der Waals surface area (Å²) in [4.78, 5) is 0. The summed E-state index contributed by atoms with van der Waals surface area (Å²) >= 11 is 4.99. The van der Waals surface area contributed by atoms with Gasteiger partial charge in [0, 0.05) is 6.04 Å². The van der Waals surface area contributed by atoms with Crippen LogP contribution in [0.25, 0.3) is 0 Å². The minimum absolute atomic E-state index is 0.317. The van der Waals surface area contributed by atoms with Gasteiger partial charge in [0.2, 0.25) is 5.11 Å². The molecule has 0 aliphatic heterocycles. The summed E-state index contributed by atoms with van der Waals surface area (Å²) in [6.45, 7) is 4.03. The Morgan fingerprint density at radius 2 is 2.00 bits per heavy atom. The Labute approximate surface area is 101 Å². The highest BCUT2D eigenvalue weighted by molar-refractivity contribution is 7.80. The molecule has 0 heterocycles. The van der Waals surface area contributed by atoms with Gasteiger partial charge in [0.1, 0.15) is 0 Å². The molecule has 0 spiro atoms. The molecule has 0 amide bonds. The van der Waals surface area contributed by atoms with Crippen LogP contribution < -0.4 is 16.3 Å². The van der Waals surface area contributed by atoms with E-state index in [1.807, 2.05) is 44.2 Å². The fraction of sp³-hybridized carbons (Fsp3) is 0.273. The van der Waals surface area contributed by atoms with Crippen molar-refractivity contribution in [2.45, 2.75) is 19.9 Å². The lowest BCUT2D eigenvalue weighted by atomic mass is 10.2. The Morgan fingerprint density at radius 1 is 1.31 bits per heavy atom. The third-order valence-corrected chi connectivity index (χ3v) is 1.85. The van der Waals surface area contributed by atoms with Crippen LogP contribution in [0.3, 0.4) is 0 Å². The van der Waals surface area contributed by atoms with E-state index in [4.69, 9.17) is 12.2 Å². The van der Waals surface area contributed by atoms with Crippen molar-refractivity contribution in [2.24, 2.45) is 5.10 Å². The van der Waals surface area contributed by atoms with Gasteiger partial charge in [-0.2, -0.15) is 5.10 Å². The lowest BCUT2D eigenvalue weighted by molar-refractivity contribution is 0.554. The average molecular weight is 236 g/mol.